The molecule has 2 aliphatic rings. The maximum Gasteiger partial charge on any atom is 0.142 e. The van der Waals surface area contributed by atoms with Crippen LogP contribution in [0.2, 0.25) is 0 Å². The highest BCUT2D eigenvalue weighted by atomic mass is 35.5. The van der Waals surface area contributed by atoms with E-state index in [-0.39, 0.29) is 25.5 Å². The quantitative estimate of drug-likeness (QED) is 0.144. The molecule has 180 valence electrons. The van der Waals surface area contributed by atoms with Crippen molar-refractivity contribution in [2.45, 2.75) is 61.3 Å². The van der Waals surface area contributed by atoms with Gasteiger partial charge in [-0.15, -0.1) is 12.4 Å². The molecule has 0 aromatic rings. The molecule has 0 aromatic heterocycles. The van der Waals surface area contributed by atoms with Crippen LogP contribution in [0, 0.1) is 0 Å². The molecule has 10 atom stereocenters. The molecule has 0 aliphatic carbocycles. The lowest BCUT2D eigenvalue weighted by atomic mass is 9.95. The van der Waals surface area contributed by atoms with Gasteiger partial charge in [0, 0.05) is 26.2 Å². The normalized spacial score (nSPS) is 42.2. The van der Waals surface area contributed by atoms with Crippen molar-refractivity contribution in [3.8, 4) is 0 Å². The molecular formula is C16H34ClN3O10. The second-order valence-corrected chi connectivity index (χ2v) is 7.22. The smallest absolute Gasteiger partial charge is 0.142 e. The van der Waals surface area contributed by atoms with Gasteiger partial charge in [0.05, 0.1) is 13.2 Å². The summed E-state index contributed by atoms with van der Waals surface area (Å²) in [6, 6.07) is 0. The summed E-state index contributed by atoms with van der Waals surface area (Å²) in [4.78, 5) is 1.29. The van der Waals surface area contributed by atoms with Crippen LogP contribution >= 0.6 is 12.4 Å². The minimum Gasteiger partial charge on any atom is -0.394 e. The Bertz CT molecular complexity index is 458. The average Bonchev–Trinajstić information content (AvgIpc) is 2.72. The summed E-state index contributed by atoms with van der Waals surface area (Å²) in [6.07, 6.45) is -14.8. The van der Waals surface area contributed by atoms with E-state index in [1.807, 2.05) is 0 Å². The molecule has 2 heterocycles. The molecule has 2 aliphatic heterocycles. The third-order valence-electron chi connectivity index (χ3n) is 5.26. The standard InChI is InChI=1S/C16H33N3O10.ClH/c17-1-2-18-3-4-19(15-13(26)11(24)9(22)7(5-20)28-15)16-14(27)12(25)10(23)8(6-21)29-16;/h7-16,18,20-27H,1-6,17H2;1H/t7-,8-,9+,10+,11+,12+,13-,14-,15?,16?;/m1./s1. The SMILES string of the molecule is Cl.NCCNCCN(C1O[C@H](CO)[C@H](O)[C@H](O)[C@H]1O)C1O[C@H](CO)[C@H](O)[C@H](O)[C@H]1O. The van der Waals surface area contributed by atoms with Gasteiger partial charge in [0.1, 0.15) is 61.3 Å². The van der Waals surface area contributed by atoms with Crippen LogP contribution in [-0.4, -0.2) is 146 Å². The van der Waals surface area contributed by atoms with Crippen molar-refractivity contribution in [2.24, 2.45) is 5.73 Å². The van der Waals surface area contributed by atoms with Gasteiger partial charge in [-0.1, -0.05) is 0 Å². The number of rotatable bonds is 9. The Hall–Kier alpha value is -0.230. The van der Waals surface area contributed by atoms with E-state index in [9.17, 15) is 40.9 Å². The van der Waals surface area contributed by atoms with Gasteiger partial charge in [-0.3, -0.25) is 0 Å². The molecule has 2 fully saturated rings. The Morgan fingerprint density at radius 3 is 1.50 bits per heavy atom. The Labute approximate surface area is 180 Å². The summed E-state index contributed by atoms with van der Waals surface area (Å²) < 4.78 is 11.1. The molecule has 30 heavy (non-hydrogen) atoms. The largest absolute Gasteiger partial charge is 0.394 e. The summed E-state index contributed by atoms with van der Waals surface area (Å²) in [7, 11) is 0. The van der Waals surface area contributed by atoms with E-state index in [0.29, 0.717) is 13.1 Å². The number of nitrogens with two attached hydrogens (primary N) is 1. The Morgan fingerprint density at radius 2 is 1.13 bits per heavy atom. The van der Waals surface area contributed by atoms with Crippen molar-refractivity contribution in [2.75, 3.05) is 39.4 Å². The van der Waals surface area contributed by atoms with Crippen molar-refractivity contribution >= 4 is 12.4 Å². The van der Waals surface area contributed by atoms with E-state index in [1.165, 1.54) is 4.90 Å². The Kier molecular flexibility index (Phi) is 11.8. The number of nitrogens with zero attached hydrogens (tertiary/aromatic N) is 1. The lowest BCUT2D eigenvalue weighted by Crippen LogP contribution is -2.70. The minimum absolute atomic E-state index is 0. The summed E-state index contributed by atoms with van der Waals surface area (Å²) in [6.45, 7) is -0.116. The highest BCUT2D eigenvalue weighted by Crippen LogP contribution is 2.30. The van der Waals surface area contributed by atoms with E-state index in [4.69, 9.17) is 15.2 Å². The van der Waals surface area contributed by atoms with Crippen LogP contribution in [0.5, 0.6) is 0 Å². The minimum atomic E-state index is -1.66. The topological polar surface area (TPSA) is 222 Å². The molecular weight excluding hydrogens is 430 g/mol. The number of aliphatic hydroxyl groups excluding tert-OH is 8. The van der Waals surface area contributed by atoms with Gasteiger partial charge in [-0.2, -0.15) is 0 Å². The zero-order chi connectivity index (χ0) is 21.7. The summed E-state index contributed by atoms with van der Waals surface area (Å²) in [5.41, 5.74) is 5.43. The van der Waals surface area contributed by atoms with Crippen molar-refractivity contribution < 1.29 is 50.3 Å². The predicted molar refractivity (Wildman–Crippen MR) is 103 cm³/mol. The summed E-state index contributed by atoms with van der Waals surface area (Å²) in [5, 5.41) is 82.9. The highest BCUT2D eigenvalue weighted by molar-refractivity contribution is 5.85. The molecule has 13 nitrogen and oxygen atoms in total. The lowest BCUT2D eigenvalue weighted by Gasteiger charge is -2.50. The van der Waals surface area contributed by atoms with E-state index in [0.717, 1.165) is 0 Å². The van der Waals surface area contributed by atoms with Gasteiger partial charge in [0.2, 0.25) is 0 Å². The third-order valence-corrected chi connectivity index (χ3v) is 5.26. The number of ether oxygens (including phenoxy) is 2. The van der Waals surface area contributed by atoms with Crippen LogP contribution in [-0.2, 0) is 9.47 Å². The van der Waals surface area contributed by atoms with Crippen molar-refractivity contribution in [3.63, 3.8) is 0 Å². The molecule has 11 N–H and O–H groups in total. The van der Waals surface area contributed by atoms with Crippen LogP contribution in [0.3, 0.4) is 0 Å². The van der Waals surface area contributed by atoms with E-state index in [2.05, 4.69) is 5.32 Å². The molecule has 0 aromatic carbocycles. The Morgan fingerprint density at radius 1 is 0.700 bits per heavy atom. The first-order valence-electron chi connectivity index (χ1n) is 9.56. The number of nitrogens with one attached hydrogen (secondary N) is 1. The van der Waals surface area contributed by atoms with Crippen LogP contribution in [0.4, 0.5) is 0 Å². The second-order valence-electron chi connectivity index (χ2n) is 7.22. The molecule has 0 radical (unpaired) electrons. The monoisotopic (exact) mass is 463 g/mol. The first-order chi connectivity index (χ1) is 13.8. The molecule has 0 amide bonds. The summed E-state index contributed by atoms with van der Waals surface area (Å²) in [5.74, 6) is 0. The van der Waals surface area contributed by atoms with Gasteiger partial charge in [0.15, 0.2) is 0 Å². The van der Waals surface area contributed by atoms with E-state index >= 15 is 0 Å². The van der Waals surface area contributed by atoms with Crippen LogP contribution < -0.4 is 11.1 Å². The predicted octanol–water partition coefficient (Wildman–Crippen LogP) is -6.14. The van der Waals surface area contributed by atoms with Crippen LogP contribution in [0.15, 0.2) is 0 Å². The van der Waals surface area contributed by atoms with Crippen LogP contribution in [0.25, 0.3) is 0 Å². The van der Waals surface area contributed by atoms with Gasteiger partial charge in [-0.25, -0.2) is 4.90 Å². The zero-order valence-corrected chi connectivity index (χ0v) is 17.2. The Balaban J connectivity index is 0.00000450. The first-order valence-corrected chi connectivity index (χ1v) is 9.56. The molecule has 0 bridgehead atoms. The van der Waals surface area contributed by atoms with Gasteiger partial charge >= 0.3 is 0 Å². The number of hydrogen-bond acceptors (Lipinski definition) is 13. The van der Waals surface area contributed by atoms with E-state index < -0.39 is 74.5 Å². The maximum absolute atomic E-state index is 10.5. The summed E-state index contributed by atoms with van der Waals surface area (Å²) >= 11 is 0. The molecule has 0 saturated carbocycles. The fourth-order valence-corrected chi connectivity index (χ4v) is 3.55. The van der Waals surface area contributed by atoms with E-state index in [1.54, 1.807) is 0 Å². The molecule has 0 spiro atoms. The number of aliphatic hydroxyl groups is 8. The molecule has 2 rings (SSSR count). The van der Waals surface area contributed by atoms with Crippen molar-refractivity contribution in [1.29, 1.82) is 0 Å². The fraction of sp³-hybridized carbons (Fsp3) is 1.00. The van der Waals surface area contributed by atoms with Crippen molar-refractivity contribution in [3.05, 3.63) is 0 Å². The van der Waals surface area contributed by atoms with Gasteiger partial charge in [0.25, 0.3) is 0 Å². The lowest BCUT2D eigenvalue weighted by molar-refractivity contribution is -0.322. The maximum atomic E-state index is 10.5. The molecule has 14 heteroatoms. The van der Waals surface area contributed by atoms with Gasteiger partial charge in [-0.05, 0) is 0 Å². The number of halogens is 1. The number of hydrogen-bond donors (Lipinski definition) is 10. The zero-order valence-electron chi connectivity index (χ0n) is 16.3. The van der Waals surface area contributed by atoms with Crippen LogP contribution in [0.1, 0.15) is 0 Å². The average molecular weight is 464 g/mol. The van der Waals surface area contributed by atoms with Gasteiger partial charge < -0.3 is 61.4 Å². The molecule has 2 saturated heterocycles. The third kappa shape index (κ3) is 5.96. The molecule has 2 unspecified atom stereocenters. The fourth-order valence-electron chi connectivity index (χ4n) is 3.55. The second kappa shape index (κ2) is 12.7. The highest BCUT2D eigenvalue weighted by Gasteiger charge is 2.52. The van der Waals surface area contributed by atoms with Crippen molar-refractivity contribution in [1.82, 2.24) is 10.2 Å². The first kappa shape index (κ1) is 27.8.